The highest BCUT2D eigenvalue weighted by atomic mass is 19.3. The molecule has 0 unspecified atom stereocenters. The van der Waals surface area contributed by atoms with E-state index in [0.717, 1.165) is 60.4 Å². The number of nitrogens with one attached hydrogen (secondary N) is 1. The minimum atomic E-state index is -2.69. The fourth-order valence-corrected chi connectivity index (χ4v) is 5.47. The summed E-state index contributed by atoms with van der Waals surface area (Å²) < 4.78 is 28.1. The average molecular weight is 505 g/mol. The number of carbonyl (C=O) groups is 1. The number of amides is 1. The van der Waals surface area contributed by atoms with Crippen molar-refractivity contribution in [2.24, 2.45) is 10.9 Å². The fraction of sp³-hybridized carbons (Fsp3) is 0.464. The number of carbonyl (C=O) groups excluding carboxylic acids is 1. The number of allylic oxidation sites excluding steroid dienone is 1. The van der Waals surface area contributed by atoms with Gasteiger partial charge in [0.05, 0.1) is 23.0 Å². The van der Waals surface area contributed by atoms with Gasteiger partial charge in [0.1, 0.15) is 0 Å². The number of aliphatic imine (C=N–C) groups is 1. The van der Waals surface area contributed by atoms with Crippen molar-refractivity contribution >= 4 is 28.7 Å². The van der Waals surface area contributed by atoms with Gasteiger partial charge in [0.15, 0.2) is 0 Å². The zero-order valence-corrected chi connectivity index (χ0v) is 20.9. The van der Waals surface area contributed by atoms with Crippen molar-refractivity contribution in [2.75, 3.05) is 0 Å². The molecule has 7 nitrogen and oxygen atoms in total. The van der Waals surface area contributed by atoms with Gasteiger partial charge >= 0.3 is 0 Å². The lowest BCUT2D eigenvalue weighted by Gasteiger charge is -2.35. The first kappa shape index (κ1) is 23.9. The van der Waals surface area contributed by atoms with E-state index in [-0.39, 0.29) is 18.7 Å². The van der Waals surface area contributed by atoms with E-state index >= 15 is 0 Å². The number of hydrogen-bond donors (Lipinski definition) is 1. The summed E-state index contributed by atoms with van der Waals surface area (Å²) in [4.78, 5) is 27.0. The van der Waals surface area contributed by atoms with Crippen LogP contribution in [0.25, 0.3) is 11.1 Å². The molecule has 3 aliphatic rings. The van der Waals surface area contributed by atoms with Crippen molar-refractivity contribution in [3.63, 3.8) is 0 Å². The number of alkyl halides is 2. The van der Waals surface area contributed by atoms with Crippen LogP contribution >= 0.6 is 0 Å². The van der Waals surface area contributed by atoms with Crippen LogP contribution in [0.2, 0.25) is 0 Å². The molecule has 3 aromatic rings. The number of rotatable bonds is 4. The van der Waals surface area contributed by atoms with Crippen LogP contribution in [0, 0.1) is 5.92 Å². The summed E-state index contributed by atoms with van der Waals surface area (Å²) in [6, 6.07) is 3.38. The van der Waals surface area contributed by atoms with Gasteiger partial charge in [0, 0.05) is 42.6 Å². The van der Waals surface area contributed by atoms with Gasteiger partial charge in [0.2, 0.25) is 5.95 Å². The van der Waals surface area contributed by atoms with E-state index in [1.165, 1.54) is 24.8 Å². The van der Waals surface area contributed by atoms with Crippen LogP contribution in [0.15, 0.2) is 41.8 Å². The third-order valence-corrected chi connectivity index (χ3v) is 7.72. The van der Waals surface area contributed by atoms with Gasteiger partial charge in [-0.05, 0) is 74.1 Å². The molecule has 0 spiro atoms. The molecule has 0 aliphatic heterocycles. The molecule has 2 saturated carbocycles. The second-order valence-electron chi connectivity index (χ2n) is 10.6. The van der Waals surface area contributed by atoms with Crippen LogP contribution in [-0.2, 0) is 6.42 Å². The average Bonchev–Trinajstić information content (AvgIpc) is 3.17. The standard InChI is InChI=1S/C28H30F2N6O/c1-17-6-8-19(9-7-17)34-27-31-15-22-21(4-2-3-5-24(22)35-27)18-10-11-36-25(12-18)23(16-32-36)26(37)33-20-13-28(29,30)14-20/h4,10-12,15-17,20H,2-3,5-9,13-14H2,1H3,(H,33,37). The van der Waals surface area contributed by atoms with Crippen LogP contribution < -0.4 is 5.32 Å². The summed E-state index contributed by atoms with van der Waals surface area (Å²) in [7, 11) is 0. The van der Waals surface area contributed by atoms with Gasteiger partial charge in [0.25, 0.3) is 11.8 Å². The fourth-order valence-electron chi connectivity index (χ4n) is 5.47. The van der Waals surface area contributed by atoms with E-state index in [9.17, 15) is 13.6 Å². The monoisotopic (exact) mass is 504 g/mol. The van der Waals surface area contributed by atoms with Gasteiger partial charge in [-0.15, -0.1) is 0 Å². The molecule has 0 radical (unpaired) electrons. The van der Waals surface area contributed by atoms with Crippen molar-refractivity contribution in [2.45, 2.75) is 76.7 Å². The summed E-state index contributed by atoms with van der Waals surface area (Å²) in [5.74, 6) is -1.78. The first-order valence-corrected chi connectivity index (χ1v) is 13.1. The van der Waals surface area contributed by atoms with Crippen molar-refractivity contribution in [3.05, 3.63) is 59.2 Å². The second kappa shape index (κ2) is 9.43. The van der Waals surface area contributed by atoms with E-state index in [2.05, 4.69) is 28.4 Å². The summed E-state index contributed by atoms with van der Waals surface area (Å²) in [6.07, 6.45) is 13.8. The predicted molar refractivity (Wildman–Crippen MR) is 137 cm³/mol. The lowest BCUT2D eigenvalue weighted by atomic mass is 9.88. The zero-order valence-electron chi connectivity index (χ0n) is 20.9. The molecule has 3 heterocycles. The first-order valence-electron chi connectivity index (χ1n) is 13.1. The van der Waals surface area contributed by atoms with E-state index in [1.807, 2.05) is 24.5 Å². The number of nitrogens with zero attached hydrogens (tertiary/aromatic N) is 5. The zero-order chi connectivity index (χ0) is 25.6. The molecule has 192 valence electrons. The van der Waals surface area contributed by atoms with Crippen LogP contribution in [0.5, 0.6) is 0 Å². The smallest absolute Gasteiger partial charge is 0.255 e. The Kier molecular flexibility index (Phi) is 6.09. The highest BCUT2D eigenvalue weighted by Gasteiger charge is 2.46. The van der Waals surface area contributed by atoms with Gasteiger partial charge in [-0.1, -0.05) is 13.0 Å². The second-order valence-corrected chi connectivity index (χ2v) is 10.6. The van der Waals surface area contributed by atoms with Crippen molar-refractivity contribution < 1.29 is 13.6 Å². The Morgan fingerprint density at radius 3 is 2.78 bits per heavy atom. The summed E-state index contributed by atoms with van der Waals surface area (Å²) in [6.45, 7) is 2.29. The molecule has 9 heteroatoms. The number of halogens is 2. The Bertz CT molecular complexity index is 1410. The Morgan fingerprint density at radius 1 is 1.19 bits per heavy atom. The SMILES string of the molecule is CC1CCC(=Nc2ncc3c(n2)CCCC=C3c2ccn3ncc(C(=O)NC4CC(F)(F)C4)c3c2)CC1. The Morgan fingerprint density at radius 2 is 2.00 bits per heavy atom. The number of aryl methyl sites for hydroxylation is 1. The van der Waals surface area contributed by atoms with Crippen LogP contribution in [-0.4, -0.2) is 43.2 Å². The van der Waals surface area contributed by atoms with E-state index < -0.39 is 12.0 Å². The maximum atomic E-state index is 13.2. The Hall–Kier alpha value is -3.49. The molecular weight excluding hydrogens is 474 g/mol. The first-order chi connectivity index (χ1) is 17.8. The summed E-state index contributed by atoms with van der Waals surface area (Å²) >= 11 is 0. The number of fused-ring (bicyclic) bond motifs is 2. The quantitative estimate of drug-likeness (QED) is 0.494. The van der Waals surface area contributed by atoms with Crippen molar-refractivity contribution in [1.82, 2.24) is 24.9 Å². The highest BCUT2D eigenvalue weighted by Crippen LogP contribution is 2.37. The van der Waals surface area contributed by atoms with Gasteiger partial charge in [-0.2, -0.15) is 5.10 Å². The van der Waals surface area contributed by atoms with Gasteiger partial charge < -0.3 is 5.32 Å². The third-order valence-electron chi connectivity index (χ3n) is 7.72. The van der Waals surface area contributed by atoms with Crippen molar-refractivity contribution in [1.29, 1.82) is 0 Å². The molecule has 2 fully saturated rings. The molecule has 3 aliphatic carbocycles. The van der Waals surface area contributed by atoms with Crippen LogP contribution in [0.3, 0.4) is 0 Å². The third kappa shape index (κ3) is 4.91. The molecule has 0 aromatic carbocycles. The minimum Gasteiger partial charge on any atom is -0.349 e. The topological polar surface area (TPSA) is 84.5 Å². The van der Waals surface area contributed by atoms with Crippen LogP contribution in [0.1, 0.15) is 85.5 Å². The van der Waals surface area contributed by atoms with E-state index in [4.69, 9.17) is 9.98 Å². The lowest BCUT2D eigenvalue weighted by Crippen LogP contribution is -2.50. The number of aromatic nitrogens is 4. The van der Waals surface area contributed by atoms with E-state index in [0.29, 0.717) is 17.0 Å². The summed E-state index contributed by atoms with van der Waals surface area (Å²) in [5.41, 5.74) is 6.10. The predicted octanol–water partition coefficient (Wildman–Crippen LogP) is 5.70. The lowest BCUT2D eigenvalue weighted by molar-refractivity contribution is -0.0901. The van der Waals surface area contributed by atoms with Gasteiger partial charge in [-0.25, -0.2) is 28.3 Å². The van der Waals surface area contributed by atoms with E-state index in [1.54, 1.807) is 4.52 Å². The minimum absolute atomic E-state index is 0.320. The number of hydrogen-bond acceptors (Lipinski definition) is 5. The highest BCUT2D eigenvalue weighted by molar-refractivity contribution is 6.01. The molecule has 37 heavy (non-hydrogen) atoms. The molecule has 6 rings (SSSR count). The van der Waals surface area contributed by atoms with Gasteiger partial charge in [-0.3, -0.25) is 4.79 Å². The Balaban J connectivity index is 1.28. The largest absolute Gasteiger partial charge is 0.349 e. The molecule has 1 N–H and O–H groups in total. The van der Waals surface area contributed by atoms with Crippen LogP contribution in [0.4, 0.5) is 14.7 Å². The molecule has 1 amide bonds. The molecule has 0 bridgehead atoms. The number of pyridine rings is 1. The summed E-state index contributed by atoms with van der Waals surface area (Å²) in [5, 5.41) is 7.00. The van der Waals surface area contributed by atoms with Crippen molar-refractivity contribution in [3.8, 4) is 0 Å². The maximum Gasteiger partial charge on any atom is 0.255 e. The Labute approximate surface area is 214 Å². The molecule has 0 atom stereocenters. The maximum absolute atomic E-state index is 13.2. The molecule has 3 aromatic heterocycles. The normalized spacial score (nSPS) is 21.5. The molecular formula is C28H30F2N6O. The molecule has 0 saturated heterocycles.